The highest BCUT2D eigenvalue weighted by molar-refractivity contribution is 6.00. The maximum atomic E-state index is 14.4. The van der Waals surface area contributed by atoms with Crippen LogP contribution in [0.15, 0.2) is 72.8 Å². The van der Waals surface area contributed by atoms with Gasteiger partial charge in [0, 0.05) is 23.9 Å². The van der Waals surface area contributed by atoms with Gasteiger partial charge < -0.3 is 19.3 Å². The maximum Gasteiger partial charge on any atom is 0.249 e. The number of rotatable bonds is 4. The molecule has 0 bridgehead atoms. The van der Waals surface area contributed by atoms with E-state index >= 15 is 0 Å². The average molecular weight is 483 g/mol. The van der Waals surface area contributed by atoms with E-state index in [2.05, 4.69) is 18.2 Å². The van der Waals surface area contributed by atoms with E-state index in [0.717, 1.165) is 33.8 Å². The number of aryl methyl sites for hydroxylation is 1. The van der Waals surface area contributed by atoms with Gasteiger partial charge in [-0.15, -0.1) is 0 Å². The number of hydrogen-bond acceptors (Lipinski definition) is 4. The van der Waals surface area contributed by atoms with Gasteiger partial charge in [0.2, 0.25) is 11.8 Å². The quantitative estimate of drug-likeness (QED) is 0.550. The van der Waals surface area contributed by atoms with E-state index in [0.29, 0.717) is 13.2 Å². The molecular formula is C30H30N2O4. The summed E-state index contributed by atoms with van der Waals surface area (Å²) >= 11 is 0. The average Bonchev–Trinajstić information content (AvgIpc) is 3.18. The minimum Gasteiger partial charge on any atom is -0.497 e. The Morgan fingerprint density at radius 1 is 1.03 bits per heavy atom. The number of methoxy groups -OCH3 is 1. The number of nitrogens with zero attached hydrogens (tertiary/aromatic N) is 2. The highest BCUT2D eigenvalue weighted by atomic mass is 16.5. The van der Waals surface area contributed by atoms with E-state index in [1.807, 2.05) is 73.3 Å². The van der Waals surface area contributed by atoms with Gasteiger partial charge in [-0.25, -0.2) is 0 Å². The van der Waals surface area contributed by atoms with Crippen molar-refractivity contribution in [1.29, 1.82) is 0 Å². The van der Waals surface area contributed by atoms with Crippen molar-refractivity contribution < 1.29 is 19.1 Å². The van der Waals surface area contributed by atoms with Crippen LogP contribution in [-0.4, -0.2) is 47.4 Å². The summed E-state index contributed by atoms with van der Waals surface area (Å²) in [7, 11) is 1.63. The van der Waals surface area contributed by atoms with Crippen molar-refractivity contribution in [3.8, 4) is 11.5 Å². The number of hydrogen-bond donors (Lipinski definition) is 0. The van der Waals surface area contributed by atoms with Crippen LogP contribution < -0.4 is 9.47 Å². The molecule has 2 saturated heterocycles. The van der Waals surface area contributed by atoms with Crippen molar-refractivity contribution in [3.63, 3.8) is 0 Å². The first-order valence-electron chi connectivity index (χ1n) is 12.4. The molecule has 4 atom stereocenters. The molecule has 2 fully saturated rings. The molecule has 0 aromatic heterocycles. The van der Waals surface area contributed by atoms with Gasteiger partial charge in [0.15, 0.2) is 0 Å². The monoisotopic (exact) mass is 482 g/mol. The van der Waals surface area contributed by atoms with Crippen LogP contribution in [0.25, 0.3) is 0 Å². The van der Waals surface area contributed by atoms with Crippen molar-refractivity contribution in [2.24, 2.45) is 5.92 Å². The summed E-state index contributed by atoms with van der Waals surface area (Å²) in [6.07, 6.45) is 0. The number of fused-ring (bicyclic) bond motifs is 5. The first-order chi connectivity index (χ1) is 17.4. The van der Waals surface area contributed by atoms with Crippen LogP contribution in [0.4, 0.5) is 0 Å². The lowest BCUT2D eigenvalue weighted by Gasteiger charge is -2.47. The number of ether oxygens (including phenoxy) is 2. The minimum absolute atomic E-state index is 0.0182. The van der Waals surface area contributed by atoms with Gasteiger partial charge in [0.05, 0.1) is 19.8 Å². The predicted octanol–water partition coefficient (Wildman–Crippen LogP) is 4.48. The predicted molar refractivity (Wildman–Crippen MR) is 136 cm³/mol. The third-order valence-corrected chi connectivity index (χ3v) is 8.14. The molecule has 0 N–H and O–H groups in total. The zero-order chi connectivity index (χ0) is 25.0. The lowest BCUT2D eigenvalue weighted by atomic mass is 9.73. The summed E-state index contributed by atoms with van der Waals surface area (Å²) in [6.45, 7) is 4.91. The van der Waals surface area contributed by atoms with Crippen molar-refractivity contribution in [2.75, 3.05) is 20.3 Å². The summed E-state index contributed by atoms with van der Waals surface area (Å²) in [5, 5.41) is 0. The van der Waals surface area contributed by atoms with Gasteiger partial charge in [-0.3, -0.25) is 9.59 Å². The van der Waals surface area contributed by atoms with Crippen LogP contribution in [-0.2, 0) is 16.1 Å². The lowest BCUT2D eigenvalue weighted by Crippen LogP contribution is -2.65. The van der Waals surface area contributed by atoms with Crippen LogP contribution in [0.3, 0.4) is 0 Å². The zero-order valence-electron chi connectivity index (χ0n) is 20.8. The molecule has 184 valence electrons. The minimum atomic E-state index is -1.02. The molecule has 6 heteroatoms. The molecular weight excluding hydrogens is 452 g/mol. The van der Waals surface area contributed by atoms with Crippen molar-refractivity contribution in [1.82, 2.24) is 9.80 Å². The van der Waals surface area contributed by atoms with E-state index in [9.17, 15) is 9.59 Å². The van der Waals surface area contributed by atoms with Crippen molar-refractivity contribution >= 4 is 11.8 Å². The van der Waals surface area contributed by atoms with E-state index in [4.69, 9.17) is 9.47 Å². The Morgan fingerprint density at radius 3 is 2.50 bits per heavy atom. The van der Waals surface area contributed by atoms with Gasteiger partial charge in [-0.1, -0.05) is 60.2 Å². The fourth-order valence-electron chi connectivity index (χ4n) is 6.60. The van der Waals surface area contributed by atoms with Gasteiger partial charge in [-0.2, -0.15) is 0 Å². The van der Waals surface area contributed by atoms with Crippen LogP contribution >= 0.6 is 0 Å². The number of benzene rings is 3. The Balaban J connectivity index is 1.45. The summed E-state index contributed by atoms with van der Waals surface area (Å²) in [4.78, 5) is 31.9. The summed E-state index contributed by atoms with van der Waals surface area (Å²) in [6, 6.07) is 23.7. The first-order valence-corrected chi connectivity index (χ1v) is 12.4. The van der Waals surface area contributed by atoms with Crippen LogP contribution in [0.2, 0.25) is 0 Å². The number of carbonyl (C=O) groups is 2. The van der Waals surface area contributed by atoms with E-state index in [1.54, 1.807) is 12.0 Å². The highest BCUT2D eigenvalue weighted by Crippen LogP contribution is 2.59. The number of carbonyl (C=O) groups excluding carboxylic acids is 2. The molecule has 0 radical (unpaired) electrons. The standard InChI is InChI=1S/C30H30N2O4/c1-19-9-14-25-23(15-19)28-24(18-36-25)27(21-7-5-4-6-8-21)30(2)29(34)31(17-26(33)32(28)30)16-20-10-12-22(35-3)13-11-20/h4-15,24,27-28H,16-18H2,1-3H3/t24?,27?,28?,30-/m1/s1. The molecule has 6 nitrogen and oxygen atoms in total. The first kappa shape index (κ1) is 22.7. The van der Waals surface area contributed by atoms with E-state index < -0.39 is 5.54 Å². The van der Waals surface area contributed by atoms with E-state index in [1.165, 1.54) is 0 Å². The Morgan fingerprint density at radius 2 is 1.78 bits per heavy atom. The molecule has 3 heterocycles. The lowest BCUT2D eigenvalue weighted by molar-refractivity contribution is -0.164. The van der Waals surface area contributed by atoms with Crippen LogP contribution in [0.5, 0.6) is 11.5 Å². The van der Waals surface area contributed by atoms with Crippen molar-refractivity contribution in [2.45, 2.75) is 37.9 Å². The normalized spacial score (nSPS) is 26.7. The molecule has 3 aliphatic heterocycles. The van der Waals surface area contributed by atoms with E-state index in [-0.39, 0.29) is 36.2 Å². The van der Waals surface area contributed by atoms with Crippen LogP contribution in [0.1, 0.15) is 41.1 Å². The fourth-order valence-corrected chi connectivity index (χ4v) is 6.60. The second-order valence-electron chi connectivity index (χ2n) is 10.3. The molecule has 0 aliphatic carbocycles. The van der Waals surface area contributed by atoms with Gasteiger partial charge in [0.25, 0.3) is 0 Å². The summed E-state index contributed by atoms with van der Waals surface area (Å²) < 4.78 is 11.5. The third kappa shape index (κ3) is 3.31. The number of amides is 2. The molecule has 0 spiro atoms. The Labute approximate surface area is 211 Å². The van der Waals surface area contributed by atoms with Crippen LogP contribution in [0, 0.1) is 12.8 Å². The fraction of sp³-hybridized carbons (Fsp3) is 0.333. The smallest absolute Gasteiger partial charge is 0.249 e. The molecule has 6 rings (SSSR count). The molecule has 3 aliphatic rings. The van der Waals surface area contributed by atoms with Gasteiger partial charge >= 0.3 is 0 Å². The molecule has 3 aromatic rings. The summed E-state index contributed by atoms with van der Waals surface area (Å²) in [5.74, 6) is 1.31. The number of piperazine rings is 1. The Kier molecular flexibility index (Phi) is 5.29. The molecule has 2 amide bonds. The molecule has 0 saturated carbocycles. The molecule has 3 unspecified atom stereocenters. The van der Waals surface area contributed by atoms with Gasteiger partial charge in [0.1, 0.15) is 23.6 Å². The highest BCUT2D eigenvalue weighted by Gasteiger charge is 2.66. The van der Waals surface area contributed by atoms with Gasteiger partial charge in [-0.05, 0) is 43.2 Å². The Hall–Kier alpha value is -3.80. The Bertz CT molecular complexity index is 1320. The third-order valence-electron chi connectivity index (χ3n) is 8.14. The largest absolute Gasteiger partial charge is 0.497 e. The van der Waals surface area contributed by atoms with Crippen molar-refractivity contribution in [3.05, 3.63) is 95.1 Å². The second-order valence-corrected chi connectivity index (χ2v) is 10.3. The molecule has 3 aromatic carbocycles. The molecule has 36 heavy (non-hydrogen) atoms. The maximum absolute atomic E-state index is 14.4. The zero-order valence-corrected chi connectivity index (χ0v) is 20.8. The SMILES string of the molecule is COc1ccc(CN2CC(=O)N3C4c5cc(C)ccc5OCC4C(c4ccccc4)[C@]3(C)C2=O)cc1. The second kappa shape index (κ2) is 8.40. The topological polar surface area (TPSA) is 59.1 Å². The summed E-state index contributed by atoms with van der Waals surface area (Å²) in [5.41, 5.74) is 3.11.